The maximum atomic E-state index is 6.68. The van der Waals surface area contributed by atoms with Gasteiger partial charge in [-0.3, -0.25) is 0 Å². The summed E-state index contributed by atoms with van der Waals surface area (Å²) >= 11 is 0. The quantitative estimate of drug-likeness (QED) is 0.813. The first-order chi connectivity index (χ1) is 10.2. The van der Waals surface area contributed by atoms with Gasteiger partial charge < -0.3 is 14.8 Å². The van der Waals surface area contributed by atoms with Crippen LogP contribution in [-0.4, -0.2) is 37.5 Å². The molecule has 3 aliphatic rings. The van der Waals surface area contributed by atoms with E-state index in [-0.39, 0.29) is 5.60 Å². The van der Waals surface area contributed by atoms with Crippen molar-refractivity contribution in [2.24, 2.45) is 11.8 Å². The molecule has 0 radical (unpaired) electrons. The Bertz CT molecular complexity index is 313. The lowest BCUT2D eigenvalue weighted by Crippen LogP contribution is -2.49. The van der Waals surface area contributed by atoms with Gasteiger partial charge in [0.25, 0.3) is 0 Å². The fourth-order valence-electron chi connectivity index (χ4n) is 3.93. The zero-order valence-corrected chi connectivity index (χ0v) is 13.9. The Morgan fingerprint density at radius 1 is 1.05 bits per heavy atom. The molecule has 1 aliphatic heterocycles. The molecule has 1 saturated heterocycles. The topological polar surface area (TPSA) is 30.5 Å². The minimum Gasteiger partial charge on any atom is -0.381 e. The Hall–Kier alpha value is -0.120. The fourth-order valence-corrected chi connectivity index (χ4v) is 3.93. The Balaban J connectivity index is 1.57. The minimum absolute atomic E-state index is 0.107. The SMILES string of the molecule is CC(C)C1CCC(CNC2CC2)(OC2CCOCC2)CC1. The van der Waals surface area contributed by atoms with Gasteiger partial charge >= 0.3 is 0 Å². The molecule has 3 fully saturated rings. The Morgan fingerprint density at radius 3 is 2.29 bits per heavy atom. The summed E-state index contributed by atoms with van der Waals surface area (Å²) in [6, 6.07) is 0.781. The lowest BCUT2D eigenvalue weighted by molar-refractivity contribution is -0.144. The monoisotopic (exact) mass is 295 g/mol. The second kappa shape index (κ2) is 6.97. The molecule has 1 heterocycles. The van der Waals surface area contributed by atoms with Crippen LogP contribution in [0.4, 0.5) is 0 Å². The molecule has 0 aromatic rings. The first-order valence-electron chi connectivity index (χ1n) is 9.16. The summed E-state index contributed by atoms with van der Waals surface area (Å²) in [6.07, 6.45) is 10.5. The Morgan fingerprint density at radius 2 is 1.71 bits per heavy atom. The van der Waals surface area contributed by atoms with Crippen LogP contribution in [0.2, 0.25) is 0 Å². The number of ether oxygens (including phenoxy) is 2. The number of nitrogens with one attached hydrogen (secondary N) is 1. The third-order valence-corrected chi connectivity index (χ3v) is 5.76. The molecule has 0 bridgehead atoms. The molecule has 0 aromatic heterocycles. The molecule has 0 atom stereocenters. The molecule has 21 heavy (non-hydrogen) atoms. The summed E-state index contributed by atoms with van der Waals surface area (Å²) in [5, 5.41) is 3.74. The minimum atomic E-state index is 0.107. The predicted octanol–water partition coefficient (Wildman–Crippen LogP) is 3.52. The van der Waals surface area contributed by atoms with Gasteiger partial charge in [0.1, 0.15) is 0 Å². The van der Waals surface area contributed by atoms with Gasteiger partial charge in [-0.25, -0.2) is 0 Å². The average Bonchev–Trinajstić information content (AvgIpc) is 3.31. The normalized spacial score (nSPS) is 35.3. The molecule has 0 aromatic carbocycles. The van der Waals surface area contributed by atoms with Crippen LogP contribution in [0.1, 0.15) is 65.2 Å². The highest BCUT2D eigenvalue weighted by atomic mass is 16.5. The molecule has 122 valence electrons. The van der Waals surface area contributed by atoms with E-state index < -0.39 is 0 Å². The molecule has 2 saturated carbocycles. The summed E-state index contributed by atoms with van der Waals surface area (Å²) in [7, 11) is 0. The maximum Gasteiger partial charge on any atom is 0.0810 e. The number of hydrogen-bond donors (Lipinski definition) is 1. The van der Waals surface area contributed by atoms with Crippen LogP contribution in [-0.2, 0) is 9.47 Å². The van der Waals surface area contributed by atoms with Crippen LogP contribution in [0.25, 0.3) is 0 Å². The third-order valence-electron chi connectivity index (χ3n) is 5.76. The van der Waals surface area contributed by atoms with Gasteiger partial charge in [-0.1, -0.05) is 13.8 Å². The van der Waals surface area contributed by atoms with Gasteiger partial charge in [-0.2, -0.15) is 0 Å². The molecule has 2 aliphatic carbocycles. The van der Waals surface area contributed by atoms with Crippen LogP contribution >= 0.6 is 0 Å². The van der Waals surface area contributed by atoms with E-state index in [9.17, 15) is 0 Å². The Kier molecular flexibility index (Phi) is 5.23. The van der Waals surface area contributed by atoms with E-state index >= 15 is 0 Å². The van der Waals surface area contributed by atoms with Gasteiger partial charge in [-0.15, -0.1) is 0 Å². The van der Waals surface area contributed by atoms with Gasteiger partial charge in [0.2, 0.25) is 0 Å². The largest absolute Gasteiger partial charge is 0.381 e. The van der Waals surface area contributed by atoms with Crippen molar-refractivity contribution < 1.29 is 9.47 Å². The highest BCUT2D eigenvalue weighted by Crippen LogP contribution is 2.39. The second-order valence-corrected chi connectivity index (χ2v) is 7.85. The zero-order chi connectivity index (χ0) is 14.7. The molecule has 0 amide bonds. The van der Waals surface area contributed by atoms with Crippen molar-refractivity contribution in [3.63, 3.8) is 0 Å². The van der Waals surface area contributed by atoms with Crippen molar-refractivity contribution in [1.82, 2.24) is 5.32 Å². The highest BCUT2D eigenvalue weighted by molar-refractivity contribution is 4.94. The summed E-state index contributed by atoms with van der Waals surface area (Å²) in [5.74, 6) is 1.72. The molecule has 3 heteroatoms. The summed E-state index contributed by atoms with van der Waals surface area (Å²) < 4.78 is 12.2. The molecule has 1 N–H and O–H groups in total. The number of hydrogen-bond acceptors (Lipinski definition) is 3. The molecule has 0 unspecified atom stereocenters. The van der Waals surface area contributed by atoms with E-state index in [4.69, 9.17) is 9.47 Å². The predicted molar refractivity (Wildman–Crippen MR) is 85.5 cm³/mol. The lowest BCUT2D eigenvalue weighted by Gasteiger charge is -2.44. The molecular weight excluding hydrogens is 262 g/mol. The van der Waals surface area contributed by atoms with Gasteiger partial charge in [0, 0.05) is 25.8 Å². The maximum absolute atomic E-state index is 6.68. The molecule has 3 nitrogen and oxygen atoms in total. The van der Waals surface area contributed by atoms with E-state index in [2.05, 4.69) is 19.2 Å². The first-order valence-corrected chi connectivity index (χ1v) is 9.16. The first kappa shape index (κ1) is 15.8. The molecular formula is C18H33NO2. The van der Waals surface area contributed by atoms with Gasteiger partial charge in [0.05, 0.1) is 11.7 Å². The zero-order valence-electron chi connectivity index (χ0n) is 13.9. The fraction of sp³-hybridized carbons (Fsp3) is 1.00. The third kappa shape index (κ3) is 4.43. The Labute approximate surface area is 130 Å². The van der Waals surface area contributed by atoms with Crippen LogP contribution in [0, 0.1) is 11.8 Å². The van der Waals surface area contributed by atoms with Crippen molar-refractivity contribution in [3.05, 3.63) is 0 Å². The van der Waals surface area contributed by atoms with Crippen LogP contribution < -0.4 is 5.32 Å². The van der Waals surface area contributed by atoms with E-state index in [1.165, 1.54) is 38.5 Å². The van der Waals surface area contributed by atoms with E-state index in [1.54, 1.807) is 0 Å². The van der Waals surface area contributed by atoms with Crippen molar-refractivity contribution in [2.45, 2.75) is 83.0 Å². The molecule has 3 rings (SSSR count). The average molecular weight is 295 g/mol. The smallest absolute Gasteiger partial charge is 0.0810 e. The van der Waals surface area contributed by atoms with E-state index in [1.807, 2.05) is 0 Å². The summed E-state index contributed by atoms with van der Waals surface area (Å²) in [6.45, 7) is 7.58. The van der Waals surface area contributed by atoms with Crippen LogP contribution in [0.5, 0.6) is 0 Å². The lowest BCUT2D eigenvalue weighted by atomic mass is 9.74. The van der Waals surface area contributed by atoms with Crippen LogP contribution in [0.3, 0.4) is 0 Å². The summed E-state index contributed by atoms with van der Waals surface area (Å²) in [5.41, 5.74) is 0.107. The van der Waals surface area contributed by atoms with Crippen molar-refractivity contribution in [1.29, 1.82) is 0 Å². The standard InChI is InChI=1S/C18H33NO2/c1-14(2)15-5-9-18(10-6-15,13-19-16-3-4-16)21-17-7-11-20-12-8-17/h14-17,19H,3-13H2,1-2H3. The van der Waals surface area contributed by atoms with Crippen molar-refractivity contribution in [2.75, 3.05) is 19.8 Å². The highest BCUT2D eigenvalue weighted by Gasteiger charge is 2.40. The van der Waals surface area contributed by atoms with Gasteiger partial charge in [-0.05, 0) is 63.2 Å². The van der Waals surface area contributed by atoms with Crippen LogP contribution in [0.15, 0.2) is 0 Å². The van der Waals surface area contributed by atoms with Gasteiger partial charge in [0.15, 0.2) is 0 Å². The number of rotatable bonds is 6. The van der Waals surface area contributed by atoms with Crippen molar-refractivity contribution >= 4 is 0 Å². The summed E-state index contributed by atoms with van der Waals surface area (Å²) in [4.78, 5) is 0. The van der Waals surface area contributed by atoms with E-state index in [0.717, 1.165) is 50.5 Å². The van der Waals surface area contributed by atoms with Crippen molar-refractivity contribution in [3.8, 4) is 0 Å². The van der Waals surface area contributed by atoms with E-state index in [0.29, 0.717) is 6.10 Å². The molecule has 0 spiro atoms. The second-order valence-electron chi connectivity index (χ2n) is 7.85.